The summed E-state index contributed by atoms with van der Waals surface area (Å²) in [6, 6.07) is 4.70. The Labute approximate surface area is 98.3 Å². The van der Waals surface area contributed by atoms with Gasteiger partial charge in [0.15, 0.2) is 0 Å². The van der Waals surface area contributed by atoms with Crippen LogP contribution in [0, 0.1) is 19.8 Å². The molecule has 1 nitrogen and oxygen atoms in total. The average molecular weight is 215 g/mol. The van der Waals surface area contributed by atoms with E-state index < -0.39 is 0 Å². The van der Waals surface area contributed by atoms with Crippen molar-refractivity contribution in [2.45, 2.75) is 45.4 Å². The largest absolute Gasteiger partial charge is 0.384 e. The summed E-state index contributed by atoms with van der Waals surface area (Å²) in [5, 5.41) is 3.62. The van der Waals surface area contributed by atoms with Gasteiger partial charge in [0.2, 0.25) is 0 Å². The van der Waals surface area contributed by atoms with Gasteiger partial charge in [-0.05, 0) is 43.7 Å². The lowest BCUT2D eigenvalue weighted by Crippen LogP contribution is -2.11. The van der Waals surface area contributed by atoms with Crippen LogP contribution in [0.5, 0.6) is 0 Å². The third-order valence-electron chi connectivity index (χ3n) is 4.38. The van der Waals surface area contributed by atoms with Crippen molar-refractivity contribution in [1.82, 2.24) is 0 Å². The quantitative estimate of drug-likeness (QED) is 0.746. The molecule has 3 rings (SSSR count). The predicted octanol–water partition coefficient (Wildman–Crippen LogP) is 4.00. The van der Waals surface area contributed by atoms with Crippen LogP contribution >= 0.6 is 0 Å². The molecule has 1 saturated carbocycles. The summed E-state index contributed by atoms with van der Waals surface area (Å²) < 4.78 is 0. The lowest BCUT2D eigenvalue weighted by atomic mass is 9.85. The Kier molecular flexibility index (Phi) is 2.42. The molecule has 1 aliphatic carbocycles. The van der Waals surface area contributed by atoms with E-state index in [1.165, 1.54) is 49.0 Å². The highest BCUT2D eigenvalue weighted by Crippen LogP contribution is 2.44. The minimum atomic E-state index is 0.788. The van der Waals surface area contributed by atoms with Gasteiger partial charge in [-0.1, -0.05) is 30.5 Å². The molecule has 1 heteroatoms. The zero-order chi connectivity index (χ0) is 11.1. The summed E-state index contributed by atoms with van der Waals surface area (Å²) in [6.45, 7) is 5.62. The molecule has 0 radical (unpaired) electrons. The van der Waals surface area contributed by atoms with Gasteiger partial charge >= 0.3 is 0 Å². The summed E-state index contributed by atoms with van der Waals surface area (Å²) in [5.74, 6) is 1.73. The third kappa shape index (κ3) is 1.53. The second-order valence-electron chi connectivity index (χ2n) is 5.58. The van der Waals surface area contributed by atoms with Gasteiger partial charge in [-0.15, -0.1) is 0 Å². The first-order valence-corrected chi connectivity index (χ1v) is 6.61. The van der Waals surface area contributed by atoms with Gasteiger partial charge in [-0.2, -0.15) is 0 Å². The minimum Gasteiger partial charge on any atom is -0.384 e. The predicted molar refractivity (Wildman–Crippen MR) is 69.1 cm³/mol. The number of hydrogen-bond acceptors (Lipinski definition) is 1. The molecule has 1 atom stereocenters. The van der Waals surface area contributed by atoms with Gasteiger partial charge < -0.3 is 5.32 Å². The van der Waals surface area contributed by atoms with E-state index in [2.05, 4.69) is 31.3 Å². The molecule has 1 N–H and O–H groups in total. The van der Waals surface area contributed by atoms with Crippen LogP contribution in [0.1, 0.15) is 48.3 Å². The van der Waals surface area contributed by atoms with Crippen molar-refractivity contribution in [2.24, 2.45) is 5.92 Å². The van der Waals surface area contributed by atoms with Crippen molar-refractivity contribution < 1.29 is 0 Å². The molecule has 0 bridgehead atoms. The number of nitrogens with one attached hydrogen (secondary N) is 1. The molecule has 1 unspecified atom stereocenters. The first kappa shape index (κ1) is 10.2. The number of fused-ring (bicyclic) bond motifs is 1. The molecule has 1 heterocycles. The van der Waals surface area contributed by atoms with E-state index in [0.717, 1.165) is 11.8 Å². The van der Waals surface area contributed by atoms with E-state index in [1.807, 2.05) is 0 Å². The van der Waals surface area contributed by atoms with E-state index in [-0.39, 0.29) is 0 Å². The van der Waals surface area contributed by atoms with Gasteiger partial charge in [0.05, 0.1) is 0 Å². The van der Waals surface area contributed by atoms with E-state index >= 15 is 0 Å². The zero-order valence-electron chi connectivity index (χ0n) is 10.3. The highest BCUT2D eigenvalue weighted by molar-refractivity contribution is 5.64. The standard InChI is InChI=1S/C15H21N/c1-10-7-11(2)15-13(8-10)14(9-16-15)12-5-3-4-6-12/h7-8,12,14,16H,3-6,9H2,1-2H3. The van der Waals surface area contributed by atoms with Gasteiger partial charge in [0, 0.05) is 18.2 Å². The highest BCUT2D eigenvalue weighted by atomic mass is 14.9. The Hall–Kier alpha value is -0.980. The van der Waals surface area contributed by atoms with Crippen molar-refractivity contribution in [3.05, 3.63) is 28.8 Å². The Balaban J connectivity index is 1.97. The monoisotopic (exact) mass is 215 g/mol. The second kappa shape index (κ2) is 3.80. The van der Waals surface area contributed by atoms with Crippen LogP contribution in [0.4, 0.5) is 5.69 Å². The van der Waals surface area contributed by atoms with E-state index in [9.17, 15) is 0 Å². The lowest BCUT2D eigenvalue weighted by molar-refractivity contribution is 0.460. The number of hydrogen-bond donors (Lipinski definition) is 1. The summed E-state index contributed by atoms with van der Waals surface area (Å²) in [7, 11) is 0. The fraction of sp³-hybridized carbons (Fsp3) is 0.600. The maximum absolute atomic E-state index is 3.62. The van der Waals surface area contributed by atoms with Crippen molar-refractivity contribution in [1.29, 1.82) is 0 Å². The fourth-order valence-electron chi connectivity index (χ4n) is 3.64. The molecule has 1 aliphatic heterocycles. The third-order valence-corrected chi connectivity index (χ3v) is 4.38. The topological polar surface area (TPSA) is 12.0 Å². The summed E-state index contributed by atoms with van der Waals surface area (Å²) >= 11 is 0. The maximum Gasteiger partial charge on any atom is 0.0406 e. The first-order valence-electron chi connectivity index (χ1n) is 6.61. The number of aryl methyl sites for hydroxylation is 2. The summed E-state index contributed by atoms with van der Waals surface area (Å²) in [4.78, 5) is 0. The molecule has 0 amide bonds. The zero-order valence-corrected chi connectivity index (χ0v) is 10.3. The molecule has 1 aromatic carbocycles. The maximum atomic E-state index is 3.62. The normalized spacial score (nSPS) is 24.5. The van der Waals surface area contributed by atoms with Crippen molar-refractivity contribution in [2.75, 3.05) is 11.9 Å². The Morgan fingerprint density at radius 1 is 1.12 bits per heavy atom. The molecule has 1 aromatic rings. The van der Waals surface area contributed by atoms with Crippen molar-refractivity contribution >= 4 is 5.69 Å². The molecule has 0 spiro atoms. The van der Waals surface area contributed by atoms with Crippen LogP contribution < -0.4 is 5.32 Å². The number of rotatable bonds is 1. The van der Waals surface area contributed by atoms with E-state index in [1.54, 1.807) is 5.56 Å². The first-order chi connectivity index (χ1) is 7.75. The molecule has 16 heavy (non-hydrogen) atoms. The van der Waals surface area contributed by atoms with E-state index in [4.69, 9.17) is 0 Å². The van der Waals surface area contributed by atoms with Crippen LogP contribution in [0.3, 0.4) is 0 Å². The van der Waals surface area contributed by atoms with Gasteiger partial charge in [0.25, 0.3) is 0 Å². The molecular weight excluding hydrogens is 194 g/mol. The Morgan fingerprint density at radius 3 is 2.62 bits per heavy atom. The minimum absolute atomic E-state index is 0.788. The van der Waals surface area contributed by atoms with Gasteiger partial charge in [-0.25, -0.2) is 0 Å². The number of anilines is 1. The summed E-state index contributed by atoms with van der Waals surface area (Å²) in [5.41, 5.74) is 5.88. The van der Waals surface area contributed by atoms with Crippen LogP contribution in [-0.4, -0.2) is 6.54 Å². The average Bonchev–Trinajstić information content (AvgIpc) is 2.83. The van der Waals surface area contributed by atoms with Crippen LogP contribution in [-0.2, 0) is 0 Å². The summed E-state index contributed by atoms with van der Waals surface area (Å²) in [6.07, 6.45) is 5.78. The molecule has 1 fully saturated rings. The number of benzene rings is 1. The Bertz CT molecular complexity index is 402. The van der Waals surface area contributed by atoms with Crippen molar-refractivity contribution in [3.63, 3.8) is 0 Å². The van der Waals surface area contributed by atoms with E-state index in [0.29, 0.717) is 0 Å². The fourth-order valence-corrected chi connectivity index (χ4v) is 3.64. The molecule has 0 aromatic heterocycles. The van der Waals surface area contributed by atoms with Gasteiger partial charge in [0.1, 0.15) is 0 Å². The van der Waals surface area contributed by atoms with Gasteiger partial charge in [-0.3, -0.25) is 0 Å². The molecule has 0 saturated heterocycles. The molecule has 86 valence electrons. The lowest BCUT2D eigenvalue weighted by Gasteiger charge is -2.18. The van der Waals surface area contributed by atoms with Crippen LogP contribution in [0.25, 0.3) is 0 Å². The smallest absolute Gasteiger partial charge is 0.0406 e. The van der Waals surface area contributed by atoms with Crippen molar-refractivity contribution in [3.8, 4) is 0 Å². The SMILES string of the molecule is Cc1cc(C)c2c(c1)C(C1CCCC1)CN2. The van der Waals surface area contributed by atoms with Crippen LogP contribution in [0.15, 0.2) is 12.1 Å². The Morgan fingerprint density at radius 2 is 1.88 bits per heavy atom. The molecule has 2 aliphatic rings. The second-order valence-corrected chi connectivity index (χ2v) is 5.58. The molecular formula is C15H21N. The highest BCUT2D eigenvalue weighted by Gasteiger charge is 2.32. The van der Waals surface area contributed by atoms with Crippen LogP contribution in [0.2, 0.25) is 0 Å².